The third-order valence-corrected chi connectivity index (χ3v) is 9.07. The number of methoxy groups -OCH3 is 2. The van der Waals surface area contributed by atoms with Crippen molar-refractivity contribution in [2.24, 2.45) is 0 Å². The molecule has 0 spiro atoms. The van der Waals surface area contributed by atoms with Gasteiger partial charge >= 0.3 is 6.18 Å². The summed E-state index contributed by atoms with van der Waals surface area (Å²) >= 11 is 6.32. The van der Waals surface area contributed by atoms with E-state index in [1.165, 1.54) is 56.7 Å². The van der Waals surface area contributed by atoms with Crippen molar-refractivity contribution in [2.75, 3.05) is 18.5 Å². The van der Waals surface area contributed by atoms with Gasteiger partial charge in [-0.2, -0.15) is 13.2 Å². The van der Waals surface area contributed by atoms with E-state index in [-0.39, 0.29) is 27.8 Å². The van der Waals surface area contributed by atoms with Crippen molar-refractivity contribution in [3.8, 4) is 17.2 Å². The molecule has 1 unspecified atom stereocenters. The molecule has 0 radical (unpaired) electrons. The zero-order valence-corrected chi connectivity index (χ0v) is 24.3. The maximum absolute atomic E-state index is 14.9. The van der Waals surface area contributed by atoms with Gasteiger partial charge in [0, 0.05) is 22.2 Å². The fourth-order valence-corrected chi connectivity index (χ4v) is 7.14. The number of rotatable bonds is 7. The third kappa shape index (κ3) is 4.77. The van der Waals surface area contributed by atoms with Gasteiger partial charge in [0.05, 0.1) is 31.2 Å². The summed E-state index contributed by atoms with van der Waals surface area (Å²) in [5.41, 5.74) is -5.66. The highest BCUT2D eigenvalue weighted by atomic mass is 35.5. The second-order valence-electron chi connectivity index (χ2n) is 9.39. The largest absolute Gasteiger partial charge is 0.514 e. The molecule has 1 heterocycles. The number of amides is 1. The highest BCUT2D eigenvalue weighted by Crippen LogP contribution is 2.57. The summed E-state index contributed by atoms with van der Waals surface area (Å²) in [7, 11) is -2.42. The number of nitrogens with zero attached hydrogens (tertiary/aromatic N) is 1. The minimum absolute atomic E-state index is 0.0509. The monoisotopic (exact) mass is 646 g/mol. The second-order valence-corrected chi connectivity index (χ2v) is 11.6. The van der Waals surface area contributed by atoms with Gasteiger partial charge < -0.3 is 24.1 Å². The summed E-state index contributed by atoms with van der Waals surface area (Å²) in [5, 5.41) is 11.5. The molecule has 5 rings (SSSR count). The Morgan fingerprint density at radius 2 is 1.52 bits per heavy atom. The molecule has 14 heteroatoms. The summed E-state index contributed by atoms with van der Waals surface area (Å²) in [6.45, 7) is 0. The molecule has 1 aliphatic heterocycles. The van der Waals surface area contributed by atoms with Crippen molar-refractivity contribution in [1.29, 1.82) is 0 Å². The van der Waals surface area contributed by atoms with Gasteiger partial charge in [-0.3, -0.25) is 4.79 Å². The van der Waals surface area contributed by atoms with Crippen LogP contribution in [0, 0.1) is 0 Å². The van der Waals surface area contributed by atoms with Crippen molar-refractivity contribution in [1.82, 2.24) is 0 Å². The van der Waals surface area contributed by atoms with Crippen LogP contribution in [0.5, 0.6) is 17.2 Å². The van der Waals surface area contributed by atoms with Gasteiger partial charge in [0.1, 0.15) is 21.8 Å². The highest BCUT2D eigenvalue weighted by molar-refractivity contribution is 7.93. The Hall–Kier alpha value is -4.75. The summed E-state index contributed by atoms with van der Waals surface area (Å²) in [6.07, 6.45) is -7.11. The number of sulfonamides is 1. The number of carboxylic acid groups (broad SMARTS) is 1. The SMILES string of the molecule is COc1ccc(S(=O)(=O)N2C(=O)C(c3ccccc3OC(=O)[O-])(c3ccccc3C(F)(F)F)c3cc(Cl)ccc32)c(OC)c1. The highest BCUT2D eigenvalue weighted by Gasteiger charge is 2.60. The first-order valence-corrected chi connectivity index (χ1v) is 14.4. The molecular formula is C30H20ClF3NO8S-. The Bertz CT molecular complexity index is 1910. The molecule has 1 aliphatic rings. The lowest BCUT2D eigenvalue weighted by Gasteiger charge is -2.34. The number of hydrogen-bond acceptors (Lipinski definition) is 8. The molecule has 1 atom stereocenters. The number of fused-ring (bicyclic) bond motifs is 1. The van der Waals surface area contributed by atoms with E-state index in [1.54, 1.807) is 0 Å². The Morgan fingerprint density at radius 3 is 2.16 bits per heavy atom. The lowest BCUT2D eigenvalue weighted by Crippen LogP contribution is -2.46. The second kappa shape index (κ2) is 11.1. The first kappa shape index (κ1) is 30.7. The lowest BCUT2D eigenvalue weighted by molar-refractivity contribution is -0.271. The Morgan fingerprint density at radius 1 is 0.864 bits per heavy atom. The van der Waals surface area contributed by atoms with E-state index >= 15 is 0 Å². The average molecular weight is 647 g/mol. The number of ether oxygens (including phenoxy) is 3. The Balaban J connectivity index is 1.94. The predicted octanol–water partition coefficient (Wildman–Crippen LogP) is 5.17. The van der Waals surface area contributed by atoms with Crippen molar-refractivity contribution in [3.63, 3.8) is 0 Å². The predicted molar refractivity (Wildman–Crippen MR) is 149 cm³/mol. The normalized spacial score (nSPS) is 16.4. The number of para-hydroxylation sites is 1. The van der Waals surface area contributed by atoms with Gasteiger partial charge in [-0.15, -0.1) is 0 Å². The summed E-state index contributed by atoms with van der Waals surface area (Å²) < 4.78 is 88.1. The van der Waals surface area contributed by atoms with Crippen LogP contribution in [-0.4, -0.2) is 34.7 Å². The molecule has 0 bridgehead atoms. The van der Waals surface area contributed by atoms with E-state index in [1.807, 2.05) is 0 Å². The summed E-state index contributed by atoms with van der Waals surface area (Å²) in [5.74, 6) is -1.95. The smallest absolute Gasteiger partial charge is 0.416 e. The number of halogens is 4. The molecule has 0 saturated heterocycles. The minimum Gasteiger partial charge on any atom is -0.514 e. The van der Waals surface area contributed by atoms with E-state index in [0.29, 0.717) is 4.31 Å². The molecule has 1 amide bonds. The number of hydrogen-bond donors (Lipinski definition) is 0. The maximum Gasteiger partial charge on any atom is 0.416 e. The Labute approximate surface area is 254 Å². The molecular weight excluding hydrogens is 627 g/mol. The average Bonchev–Trinajstić information content (AvgIpc) is 3.24. The van der Waals surface area contributed by atoms with Crippen molar-refractivity contribution >= 4 is 39.4 Å². The van der Waals surface area contributed by atoms with Crippen molar-refractivity contribution in [3.05, 3.63) is 112 Å². The molecule has 0 aromatic heterocycles. The van der Waals surface area contributed by atoms with Crippen LogP contribution in [-0.2, 0) is 26.4 Å². The van der Waals surface area contributed by atoms with E-state index in [2.05, 4.69) is 0 Å². The van der Waals surface area contributed by atoms with E-state index in [4.69, 9.17) is 25.8 Å². The minimum atomic E-state index is -5.04. The molecule has 44 heavy (non-hydrogen) atoms. The molecule has 0 N–H and O–H groups in total. The Kier molecular flexibility index (Phi) is 7.72. The van der Waals surface area contributed by atoms with Gasteiger partial charge in [-0.25, -0.2) is 12.7 Å². The molecule has 0 saturated carbocycles. The molecule has 228 valence electrons. The molecule has 0 aliphatic carbocycles. The van der Waals surface area contributed by atoms with Crippen LogP contribution >= 0.6 is 11.6 Å². The number of alkyl halides is 3. The quantitative estimate of drug-likeness (QED) is 0.199. The number of benzene rings is 4. The fourth-order valence-electron chi connectivity index (χ4n) is 5.37. The topological polar surface area (TPSA) is 122 Å². The molecule has 4 aromatic rings. The summed E-state index contributed by atoms with van der Waals surface area (Å²) in [6, 6.07) is 16.2. The maximum atomic E-state index is 14.9. The zero-order valence-electron chi connectivity index (χ0n) is 22.7. The first-order chi connectivity index (χ1) is 20.8. The molecule has 0 fully saturated rings. The van der Waals surface area contributed by atoms with Crippen LogP contribution in [0.15, 0.2) is 89.8 Å². The number of carbonyl (C=O) groups excluding carboxylic acids is 2. The van der Waals surface area contributed by atoms with Crippen LogP contribution in [0.4, 0.5) is 23.7 Å². The van der Waals surface area contributed by atoms with Crippen molar-refractivity contribution < 1.29 is 50.5 Å². The van der Waals surface area contributed by atoms with Crippen LogP contribution < -0.4 is 23.6 Å². The van der Waals surface area contributed by atoms with E-state index in [0.717, 1.165) is 42.5 Å². The van der Waals surface area contributed by atoms with Crippen LogP contribution in [0.2, 0.25) is 5.02 Å². The van der Waals surface area contributed by atoms with Gasteiger partial charge in [0.25, 0.3) is 22.1 Å². The number of carbonyl (C=O) groups is 2. The molecule has 4 aromatic carbocycles. The fraction of sp³-hybridized carbons (Fsp3) is 0.133. The van der Waals surface area contributed by atoms with Gasteiger partial charge in [-0.1, -0.05) is 48.0 Å². The third-order valence-electron chi connectivity index (χ3n) is 7.10. The van der Waals surface area contributed by atoms with Gasteiger partial charge in [-0.05, 0) is 48.0 Å². The molecule has 9 nitrogen and oxygen atoms in total. The first-order valence-electron chi connectivity index (χ1n) is 12.5. The van der Waals surface area contributed by atoms with Gasteiger partial charge in [0.2, 0.25) is 0 Å². The van der Waals surface area contributed by atoms with Crippen LogP contribution in [0.3, 0.4) is 0 Å². The van der Waals surface area contributed by atoms with Crippen LogP contribution in [0.1, 0.15) is 22.3 Å². The zero-order chi connectivity index (χ0) is 32.0. The van der Waals surface area contributed by atoms with Gasteiger partial charge in [0.15, 0.2) is 0 Å². The summed E-state index contributed by atoms with van der Waals surface area (Å²) in [4.78, 5) is 26.0. The van der Waals surface area contributed by atoms with Crippen LogP contribution in [0.25, 0.3) is 0 Å². The van der Waals surface area contributed by atoms with E-state index < -0.39 is 61.0 Å². The number of anilines is 1. The van der Waals surface area contributed by atoms with Crippen molar-refractivity contribution in [2.45, 2.75) is 16.5 Å². The standard InChI is InChI=1S/C30H21ClF3NO8S/c1-41-18-12-14-26(25(16-18)42-2)44(39,40)35-23-13-11-17(31)15-22(23)29(27(35)36,19-7-3-4-8-20(19)30(32,33)34)21-9-5-6-10-24(21)43-28(37)38/h3-16H,1-2H3,(H,37,38)/p-1. The van der Waals surface area contributed by atoms with E-state index in [9.17, 15) is 36.3 Å². The lowest BCUT2D eigenvalue weighted by atomic mass is 9.68.